The van der Waals surface area contributed by atoms with Gasteiger partial charge in [-0.1, -0.05) is 6.92 Å². The van der Waals surface area contributed by atoms with Gasteiger partial charge in [-0.05, 0) is 47.5 Å². The molecule has 0 spiro atoms. The normalized spacial score (nSPS) is 23.5. The molecule has 0 aliphatic heterocycles. The quantitative estimate of drug-likeness (QED) is 0.929. The Kier molecular flexibility index (Phi) is 3.56. The molecule has 1 aromatic heterocycles. The van der Waals surface area contributed by atoms with E-state index < -0.39 is 5.97 Å². The van der Waals surface area contributed by atoms with Crippen LogP contribution in [0.2, 0.25) is 0 Å². The number of carboxylic acid groups (broad SMARTS) is 1. The highest BCUT2D eigenvalue weighted by atomic mass is 79.9. The second-order valence-corrected chi connectivity index (χ2v) is 5.46. The van der Waals surface area contributed by atoms with Crippen LogP contribution in [0.3, 0.4) is 0 Å². The van der Waals surface area contributed by atoms with Gasteiger partial charge in [-0.15, -0.1) is 0 Å². The highest BCUT2D eigenvalue weighted by molar-refractivity contribution is 9.10. The molecule has 2 unspecified atom stereocenters. The van der Waals surface area contributed by atoms with E-state index in [0.717, 1.165) is 41.5 Å². The van der Waals surface area contributed by atoms with Crippen LogP contribution in [-0.2, 0) is 24.7 Å². The molecule has 1 aromatic rings. The van der Waals surface area contributed by atoms with Gasteiger partial charge in [0.1, 0.15) is 0 Å². The minimum Gasteiger partial charge on any atom is -0.481 e. The number of hydrogen-bond acceptors (Lipinski definition) is 2. The van der Waals surface area contributed by atoms with Gasteiger partial charge in [-0.25, -0.2) is 0 Å². The summed E-state index contributed by atoms with van der Waals surface area (Å²) in [4.78, 5) is 11.0. The molecular formula is C12H17BrN2O2. The molecule has 1 heterocycles. The molecule has 0 bridgehead atoms. The molecule has 0 amide bonds. The maximum atomic E-state index is 11.0. The van der Waals surface area contributed by atoms with E-state index in [1.165, 1.54) is 0 Å². The number of carboxylic acids is 1. The van der Waals surface area contributed by atoms with Crippen molar-refractivity contribution in [1.82, 2.24) is 9.78 Å². The summed E-state index contributed by atoms with van der Waals surface area (Å²) < 4.78 is 2.93. The van der Waals surface area contributed by atoms with E-state index in [4.69, 9.17) is 5.11 Å². The Hall–Kier alpha value is -0.840. The molecule has 1 aliphatic rings. The van der Waals surface area contributed by atoms with Gasteiger partial charge >= 0.3 is 5.97 Å². The van der Waals surface area contributed by atoms with Crippen molar-refractivity contribution in [3.8, 4) is 0 Å². The van der Waals surface area contributed by atoms with Crippen molar-refractivity contribution in [1.29, 1.82) is 0 Å². The Bertz CT molecular complexity index is 442. The summed E-state index contributed by atoms with van der Waals surface area (Å²) in [5.74, 6) is -0.555. The fourth-order valence-electron chi connectivity index (χ4n) is 2.43. The van der Waals surface area contributed by atoms with Gasteiger partial charge < -0.3 is 5.11 Å². The zero-order valence-corrected chi connectivity index (χ0v) is 11.7. The monoisotopic (exact) mass is 300 g/mol. The largest absolute Gasteiger partial charge is 0.481 e. The van der Waals surface area contributed by atoms with Gasteiger partial charge in [0, 0.05) is 7.05 Å². The number of aliphatic carboxylic acids is 1. The predicted molar refractivity (Wildman–Crippen MR) is 67.8 cm³/mol. The molecule has 1 N–H and O–H groups in total. The number of aromatic nitrogens is 2. The van der Waals surface area contributed by atoms with E-state index in [1.54, 1.807) is 0 Å². The SMILES string of the molecule is CCc1nn(C)c(CC2CCC2C(=O)O)c1Br. The topological polar surface area (TPSA) is 55.1 Å². The van der Waals surface area contributed by atoms with Gasteiger partial charge in [-0.3, -0.25) is 9.48 Å². The lowest BCUT2D eigenvalue weighted by atomic mass is 9.71. The van der Waals surface area contributed by atoms with Crippen molar-refractivity contribution in [3.63, 3.8) is 0 Å². The first-order chi connectivity index (χ1) is 8.04. The second-order valence-electron chi connectivity index (χ2n) is 4.67. The van der Waals surface area contributed by atoms with Gasteiger partial charge in [0.05, 0.1) is 21.8 Å². The van der Waals surface area contributed by atoms with Crippen LogP contribution < -0.4 is 0 Å². The number of hydrogen-bond donors (Lipinski definition) is 1. The zero-order valence-electron chi connectivity index (χ0n) is 10.1. The van der Waals surface area contributed by atoms with E-state index in [0.29, 0.717) is 0 Å². The summed E-state index contributed by atoms with van der Waals surface area (Å²) in [5.41, 5.74) is 2.17. The van der Waals surface area contributed by atoms with Crippen LogP contribution in [0.1, 0.15) is 31.2 Å². The average Bonchev–Trinajstić information content (AvgIpc) is 2.48. The predicted octanol–water partition coefficient (Wildman–Crippen LogP) is 2.40. The molecule has 0 aromatic carbocycles. The summed E-state index contributed by atoms with van der Waals surface area (Å²) in [6, 6.07) is 0. The first-order valence-electron chi connectivity index (χ1n) is 5.97. The van der Waals surface area contributed by atoms with Gasteiger partial charge in [0.25, 0.3) is 0 Å². The third kappa shape index (κ3) is 2.25. The average molecular weight is 301 g/mol. The molecule has 2 atom stereocenters. The van der Waals surface area contributed by atoms with Crippen LogP contribution in [0.25, 0.3) is 0 Å². The maximum Gasteiger partial charge on any atom is 0.306 e. The number of nitrogens with zero attached hydrogens (tertiary/aromatic N) is 2. The smallest absolute Gasteiger partial charge is 0.306 e. The highest BCUT2D eigenvalue weighted by Crippen LogP contribution is 2.38. The first kappa shape index (κ1) is 12.6. The van der Waals surface area contributed by atoms with Crippen molar-refractivity contribution in [2.24, 2.45) is 18.9 Å². The Morgan fingerprint density at radius 2 is 2.29 bits per heavy atom. The lowest BCUT2D eigenvalue weighted by molar-refractivity contribution is -0.147. The van der Waals surface area contributed by atoms with Crippen molar-refractivity contribution in [2.45, 2.75) is 32.6 Å². The molecule has 1 saturated carbocycles. The van der Waals surface area contributed by atoms with E-state index >= 15 is 0 Å². The summed E-state index contributed by atoms with van der Waals surface area (Å²) in [6.07, 6.45) is 3.52. The van der Waals surface area contributed by atoms with Gasteiger partial charge in [0.15, 0.2) is 0 Å². The van der Waals surface area contributed by atoms with Crippen LogP contribution in [0.5, 0.6) is 0 Å². The fraction of sp³-hybridized carbons (Fsp3) is 0.667. The lowest BCUT2D eigenvalue weighted by Gasteiger charge is -2.33. The summed E-state index contributed by atoms with van der Waals surface area (Å²) in [6.45, 7) is 2.07. The van der Waals surface area contributed by atoms with E-state index in [1.807, 2.05) is 11.7 Å². The van der Waals surface area contributed by atoms with Gasteiger partial charge in [0.2, 0.25) is 0 Å². The minimum absolute atomic E-state index is 0.165. The number of halogens is 1. The van der Waals surface area contributed by atoms with Crippen molar-refractivity contribution >= 4 is 21.9 Å². The summed E-state index contributed by atoms with van der Waals surface area (Å²) in [7, 11) is 1.92. The van der Waals surface area contributed by atoms with E-state index in [2.05, 4.69) is 28.0 Å². The molecular weight excluding hydrogens is 284 g/mol. The van der Waals surface area contributed by atoms with Crippen molar-refractivity contribution < 1.29 is 9.90 Å². The lowest BCUT2D eigenvalue weighted by Crippen LogP contribution is -2.34. The van der Waals surface area contributed by atoms with Crippen LogP contribution in [0.4, 0.5) is 0 Å². The zero-order chi connectivity index (χ0) is 12.6. The molecule has 94 valence electrons. The number of aryl methyl sites for hydroxylation is 2. The molecule has 1 aliphatic carbocycles. The fourth-order valence-corrected chi connectivity index (χ4v) is 3.21. The first-order valence-corrected chi connectivity index (χ1v) is 6.77. The molecule has 5 heteroatoms. The Balaban J connectivity index is 2.14. The Labute approximate surface area is 109 Å². The molecule has 0 radical (unpaired) electrons. The van der Waals surface area contributed by atoms with E-state index in [-0.39, 0.29) is 11.8 Å². The Morgan fingerprint density at radius 3 is 2.71 bits per heavy atom. The minimum atomic E-state index is -0.657. The number of rotatable bonds is 4. The van der Waals surface area contributed by atoms with E-state index in [9.17, 15) is 4.79 Å². The standard InChI is InChI=1S/C12H17BrN2O2/c1-3-9-11(13)10(15(2)14-9)6-7-4-5-8(7)12(16)17/h7-8H,3-6H2,1-2H3,(H,16,17). The van der Waals surface area contributed by atoms with Crippen LogP contribution in [0, 0.1) is 11.8 Å². The van der Waals surface area contributed by atoms with Crippen LogP contribution >= 0.6 is 15.9 Å². The molecule has 4 nitrogen and oxygen atoms in total. The molecule has 17 heavy (non-hydrogen) atoms. The summed E-state index contributed by atoms with van der Waals surface area (Å²) in [5, 5.41) is 13.5. The highest BCUT2D eigenvalue weighted by Gasteiger charge is 2.37. The molecule has 1 fully saturated rings. The summed E-state index contributed by atoms with van der Waals surface area (Å²) >= 11 is 3.57. The second kappa shape index (κ2) is 4.80. The van der Waals surface area contributed by atoms with Crippen LogP contribution in [0.15, 0.2) is 4.47 Å². The molecule has 2 rings (SSSR count). The van der Waals surface area contributed by atoms with Gasteiger partial charge in [-0.2, -0.15) is 5.10 Å². The number of carbonyl (C=O) groups is 1. The van der Waals surface area contributed by atoms with Crippen molar-refractivity contribution in [3.05, 3.63) is 15.9 Å². The molecule has 0 saturated heterocycles. The third-order valence-electron chi connectivity index (χ3n) is 3.69. The maximum absolute atomic E-state index is 11.0. The van der Waals surface area contributed by atoms with Crippen LogP contribution in [-0.4, -0.2) is 20.9 Å². The third-order valence-corrected chi connectivity index (χ3v) is 4.61. The van der Waals surface area contributed by atoms with Crippen molar-refractivity contribution in [2.75, 3.05) is 0 Å². The Morgan fingerprint density at radius 1 is 1.59 bits per heavy atom.